The molecule has 0 aliphatic carbocycles. The molecular weight excluding hydrogens is 238 g/mol. The van der Waals surface area contributed by atoms with Crippen molar-refractivity contribution >= 4 is 34.8 Å². The minimum absolute atomic E-state index is 0.474. The molecular formula is C11H13Cl3. The molecule has 0 radical (unpaired) electrons. The van der Waals surface area contributed by atoms with Crippen LogP contribution in [0.5, 0.6) is 0 Å². The van der Waals surface area contributed by atoms with E-state index in [-0.39, 0.29) is 0 Å². The van der Waals surface area contributed by atoms with Gasteiger partial charge < -0.3 is 0 Å². The Labute approximate surface area is 100 Å². The molecule has 1 rings (SSSR count). The van der Waals surface area contributed by atoms with Crippen LogP contribution in [0.25, 0.3) is 0 Å². The first kappa shape index (κ1) is 12.2. The molecule has 1 aromatic rings. The Hall–Kier alpha value is 0.0900. The fraction of sp³-hybridized carbons (Fsp3) is 0.455. The number of hydrogen-bond donors (Lipinski definition) is 0. The van der Waals surface area contributed by atoms with E-state index in [9.17, 15) is 0 Å². The molecule has 0 fully saturated rings. The topological polar surface area (TPSA) is 0 Å². The Morgan fingerprint density at radius 3 is 2.14 bits per heavy atom. The van der Waals surface area contributed by atoms with Crippen LogP contribution in [0.4, 0.5) is 0 Å². The van der Waals surface area contributed by atoms with Gasteiger partial charge in [-0.15, -0.1) is 34.8 Å². The maximum Gasteiger partial charge on any atom is 0.133 e. The van der Waals surface area contributed by atoms with Crippen LogP contribution in [-0.2, 0) is 5.88 Å². The molecule has 0 aliphatic rings. The molecule has 0 aromatic heterocycles. The standard InChI is InChI=1S/C11H13Cl3/c1-6-4-7(2)10(11(13)14)8(3)9(6)5-12/h4,11H,5H2,1-3H3. The zero-order chi connectivity index (χ0) is 10.9. The summed E-state index contributed by atoms with van der Waals surface area (Å²) in [5.74, 6) is 0.505. The number of hydrogen-bond acceptors (Lipinski definition) is 0. The fourth-order valence-electron chi connectivity index (χ4n) is 1.79. The van der Waals surface area contributed by atoms with Crippen molar-refractivity contribution in [3.8, 4) is 0 Å². The highest BCUT2D eigenvalue weighted by atomic mass is 35.5. The summed E-state index contributed by atoms with van der Waals surface area (Å²) in [5, 5.41) is 0. The molecule has 0 atom stereocenters. The van der Waals surface area contributed by atoms with Gasteiger partial charge in [0.15, 0.2) is 0 Å². The summed E-state index contributed by atoms with van der Waals surface area (Å²) >= 11 is 17.7. The zero-order valence-electron chi connectivity index (χ0n) is 8.50. The summed E-state index contributed by atoms with van der Waals surface area (Å²) < 4.78 is 0. The van der Waals surface area contributed by atoms with E-state index in [0.29, 0.717) is 5.88 Å². The third-order valence-electron chi connectivity index (χ3n) is 2.54. The Morgan fingerprint density at radius 2 is 1.71 bits per heavy atom. The van der Waals surface area contributed by atoms with E-state index in [0.717, 1.165) is 22.3 Å². The van der Waals surface area contributed by atoms with Crippen LogP contribution >= 0.6 is 34.8 Å². The van der Waals surface area contributed by atoms with E-state index in [2.05, 4.69) is 13.0 Å². The molecule has 0 heterocycles. The van der Waals surface area contributed by atoms with Gasteiger partial charge in [-0.1, -0.05) is 6.07 Å². The summed E-state index contributed by atoms with van der Waals surface area (Å²) in [6, 6.07) is 2.08. The van der Waals surface area contributed by atoms with Gasteiger partial charge in [0.25, 0.3) is 0 Å². The molecule has 0 spiro atoms. The molecule has 0 amide bonds. The second-order valence-corrected chi connectivity index (χ2v) is 4.83. The van der Waals surface area contributed by atoms with Crippen LogP contribution in [-0.4, -0.2) is 0 Å². The minimum Gasteiger partial charge on any atom is -0.122 e. The SMILES string of the molecule is Cc1cc(C)c(C(Cl)Cl)c(C)c1CCl. The summed E-state index contributed by atoms with van der Waals surface area (Å²) in [4.78, 5) is -0.474. The molecule has 1 aromatic carbocycles. The van der Waals surface area contributed by atoms with Crippen molar-refractivity contribution in [2.45, 2.75) is 31.5 Å². The Balaban J connectivity index is 3.44. The van der Waals surface area contributed by atoms with Crippen molar-refractivity contribution in [3.63, 3.8) is 0 Å². The highest BCUT2D eigenvalue weighted by Gasteiger charge is 2.14. The first-order valence-corrected chi connectivity index (χ1v) is 5.83. The first-order valence-electron chi connectivity index (χ1n) is 4.42. The van der Waals surface area contributed by atoms with Crippen LogP contribution in [0.3, 0.4) is 0 Å². The van der Waals surface area contributed by atoms with Gasteiger partial charge in [0.05, 0.1) is 0 Å². The maximum atomic E-state index is 5.92. The number of benzene rings is 1. The van der Waals surface area contributed by atoms with Crippen LogP contribution in [0, 0.1) is 20.8 Å². The molecule has 0 saturated heterocycles. The normalized spacial score (nSPS) is 11.1. The predicted molar refractivity (Wildman–Crippen MR) is 64.7 cm³/mol. The number of aryl methyl sites for hydroxylation is 2. The molecule has 0 nitrogen and oxygen atoms in total. The average molecular weight is 252 g/mol. The second kappa shape index (κ2) is 4.74. The average Bonchev–Trinajstić information content (AvgIpc) is 2.02. The molecule has 0 aliphatic heterocycles. The fourth-order valence-corrected chi connectivity index (χ4v) is 2.87. The third kappa shape index (κ3) is 2.18. The summed E-state index contributed by atoms with van der Waals surface area (Å²) in [6.07, 6.45) is 0. The van der Waals surface area contributed by atoms with Gasteiger partial charge in [-0.3, -0.25) is 0 Å². The molecule has 14 heavy (non-hydrogen) atoms. The van der Waals surface area contributed by atoms with Gasteiger partial charge in [0.1, 0.15) is 4.84 Å². The van der Waals surface area contributed by atoms with E-state index in [1.165, 1.54) is 5.56 Å². The monoisotopic (exact) mass is 250 g/mol. The largest absolute Gasteiger partial charge is 0.133 e. The third-order valence-corrected chi connectivity index (χ3v) is 3.25. The van der Waals surface area contributed by atoms with Crippen LogP contribution in [0.15, 0.2) is 6.07 Å². The van der Waals surface area contributed by atoms with E-state index in [1.54, 1.807) is 0 Å². The van der Waals surface area contributed by atoms with Crippen molar-refractivity contribution in [1.29, 1.82) is 0 Å². The molecule has 3 heteroatoms. The Morgan fingerprint density at radius 1 is 1.14 bits per heavy atom. The number of alkyl halides is 3. The predicted octanol–water partition coefficient (Wildman–Crippen LogP) is 4.83. The lowest BCUT2D eigenvalue weighted by atomic mass is 9.95. The minimum atomic E-state index is -0.474. The lowest BCUT2D eigenvalue weighted by Gasteiger charge is -2.16. The Kier molecular flexibility index (Phi) is 4.12. The van der Waals surface area contributed by atoms with Gasteiger partial charge in [-0.25, -0.2) is 0 Å². The highest BCUT2D eigenvalue weighted by Crippen LogP contribution is 2.34. The van der Waals surface area contributed by atoms with Gasteiger partial charge in [-0.2, -0.15) is 0 Å². The van der Waals surface area contributed by atoms with Crippen molar-refractivity contribution in [2.75, 3.05) is 0 Å². The maximum absolute atomic E-state index is 5.92. The summed E-state index contributed by atoms with van der Waals surface area (Å²) in [7, 11) is 0. The van der Waals surface area contributed by atoms with Crippen LogP contribution in [0.2, 0.25) is 0 Å². The van der Waals surface area contributed by atoms with Crippen LogP contribution in [0.1, 0.15) is 32.7 Å². The zero-order valence-corrected chi connectivity index (χ0v) is 10.8. The molecule has 0 N–H and O–H groups in total. The van der Waals surface area contributed by atoms with E-state index in [4.69, 9.17) is 34.8 Å². The molecule has 0 saturated carbocycles. The lowest BCUT2D eigenvalue weighted by Crippen LogP contribution is -2.00. The smallest absolute Gasteiger partial charge is 0.122 e. The van der Waals surface area contributed by atoms with E-state index >= 15 is 0 Å². The molecule has 0 bridgehead atoms. The van der Waals surface area contributed by atoms with Crippen molar-refractivity contribution in [1.82, 2.24) is 0 Å². The van der Waals surface area contributed by atoms with E-state index in [1.807, 2.05) is 13.8 Å². The molecule has 78 valence electrons. The van der Waals surface area contributed by atoms with Gasteiger partial charge in [0, 0.05) is 5.88 Å². The first-order chi connectivity index (χ1) is 6.49. The summed E-state index contributed by atoms with van der Waals surface area (Å²) in [5.41, 5.74) is 5.58. The summed E-state index contributed by atoms with van der Waals surface area (Å²) in [6.45, 7) is 6.09. The van der Waals surface area contributed by atoms with Crippen molar-refractivity contribution in [3.05, 3.63) is 33.9 Å². The van der Waals surface area contributed by atoms with Gasteiger partial charge in [-0.05, 0) is 48.6 Å². The lowest BCUT2D eigenvalue weighted by molar-refractivity contribution is 1.13. The second-order valence-electron chi connectivity index (χ2n) is 3.46. The van der Waals surface area contributed by atoms with Crippen molar-refractivity contribution < 1.29 is 0 Å². The Bertz CT molecular complexity index is 343. The van der Waals surface area contributed by atoms with Crippen LogP contribution < -0.4 is 0 Å². The van der Waals surface area contributed by atoms with Crippen molar-refractivity contribution in [2.24, 2.45) is 0 Å². The quantitative estimate of drug-likeness (QED) is 0.661. The van der Waals surface area contributed by atoms with Gasteiger partial charge in [0.2, 0.25) is 0 Å². The van der Waals surface area contributed by atoms with E-state index < -0.39 is 4.84 Å². The molecule has 0 unspecified atom stereocenters. The highest BCUT2D eigenvalue weighted by molar-refractivity contribution is 6.44. The van der Waals surface area contributed by atoms with Gasteiger partial charge >= 0.3 is 0 Å². The number of halogens is 3. The number of rotatable bonds is 2.